The number of aryl methyl sites for hydroxylation is 1. The van der Waals surface area contributed by atoms with Gasteiger partial charge in [0.25, 0.3) is 5.91 Å². The summed E-state index contributed by atoms with van der Waals surface area (Å²) in [6.45, 7) is 2.10. The lowest BCUT2D eigenvalue weighted by molar-refractivity contribution is -0.123. The van der Waals surface area contributed by atoms with Crippen LogP contribution in [-0.4, -0.2) is 23.0 Å². The van der Waals surface area contributed by atoms with Crippen molar-refractivity contribution in [2.75, 3.05) is 10.6 Å². The fourth-order valence-corrected chi connectivity index (χ4v) is 5.58. The summed E-state index contributed by atoms with van der Waals surface area (Å²) in [7, 11) is 0. The van der Waals surface area contributed by atoms with Crippen LogP contribution >= 0.6 is 22.7 Å². The van der Waals surface area contributed by atoms with E-state index in [1.54, 1.807) is 5.38 Å². The van der Waals surface area contributed by atoms with Gasteiger partial charge in [-0.1, -0.05) is 36.8 Å². The van der Waals surface area contributed by atoms with Crippen LogP contribution in [0.2, 0.25) is 0 Å². The molecule has 0 radical (unpaired) electrons. The van der Waals surface area contributed by atoms with E-state index < -0.39 is 18.0 Å². The molecule has 1 aliphatic carbocycles. The number of thiophene rings is 1. The van der Waals surface area contributed by atoms with E-state index in [1.165, 1.54) is 34.5 Å². The monoisotopic (exact) mass is 480 g/mol. The molecule has 2 aromatic heterocycles. The molecule has 1 aromatic carbocycles. The Morgan fingerprint density at radius 3 is 2.79 bits per heavy atom. The fourth-order valence-electron chi connectivity index (χ4n) is 3.66. The number of aromatic nitrogens is 1. The molecule has 33 heavy (non-hydrogen) atoms. The third kappa shape index (κ3) is 5.59. The van der Waals surface area contributed by atoms with Crippen molar-refractivity contribution in [1.82, 2.24) is 4.98 Å². The summed E-state index contributed by atoms with van der Waals surface area (Å²) in [6.07, 6.45) is 4.07. The number of carbonyl (C=O) groups is 2. The molecule has 0 spiro atoms. The number of nitrogens with zero attached hydrogens (tertiary/aromatic N) is 2. The molecule has 0 fully saturated rings. The minimum Gasteiger partial charge on any atom is -0.448 e. The van der Waals surface area contributed by atoms with Crippen molar-refractivity contribution in [3.63, 3.8) is 0 Å². The van der Waals surface area contributed by atoms with E-state index in [1.807, 2.05) is 30.3 Å². The van der Waals surface area contributed by atoms with Crippen LogP contribution in [-0.2, 0) is 28.9 Å². The van der Waals surface area contributed by atoms with Gasteiger partial charge in [-0.25, -0.2) is 9.78 Å². The molecule has 1 amide bonds. The van der Waals surface area contributed by atoms with E-state index in [0.717, 1.165) is 43.2 Å². The summed E-state index contributed by atoms with van der Waals surface area (Å²) < 4.78 is 5.33. The van der Waals surface area contributed by atoms with Crippen LogP contribution < -0.4 is 10.6 Å². The first kappa shape index (κ1) is 23.0. The minimum absolute atomic E-state index is 0.149. The third-order valence-corrected chi connectivity index (χ3v) is 7.43. The van der Waals surface area contributed by atoms with Crippen molar-refractivity contribution in [3.8, 4) is 6.07 Å². The molecule has 3 aromatic rings. The summed E-state index contributed by atoms with van der Waals surface area (Å²) in [5.41, 5.74) is 2.84. The number of benzene rings is 1. The predicted molar refractivity (Wildman–Crippen MR) is 130 cm³/mol. The number of amides is 1. The second-order valence-corrected chi connectivity index (χ2v) is 9.76. The SMILES string of the molecule is CC(OC(=O)c1csc(NCc2ccccc2)n1)C(=O)Nc1sc2c(c1C#N)CCCCC2. The second-order valence-electron chi connectivity index (χ2n) is 7.79. The van der Waals surface area contributed by atoms with Crippen molar-refractivity contribution >= 4 is 44.7 Å². The van der Waals surface area contributed by atoms with E-state index in [-0.39, 0.29) is 5.69 Å². The summed E-state index contributed by atoms with van der Waals surface area (Å²) in [4.78, 5) is 30.6. The molecule has 7 nitrogen and oxygen atoms in total. The number of anilines is 2. The number of carbonyl (C=O) groups excluding carboxylic acids is 2. The molecule has 2 heterocycles. The van der Waals surface area contributed by atoms with Crippen LogP contribution in [0.25, 0.3) is 0 Å². The Bertz CT molecular complexity index is 1180. The number of thiazole rings is 1. The van der Waals surface area contributed by atoms with Crippen LogP contribution in [0.4, 0.5) is 10.1 Å². The molecule has 4 rings (SSSR count). The van der Waals surface area contributed by atoms with Crippen LogP contribution in [0.5, 0.6) is 0 Å². The van der Waals surface area contributed by atoms with Gasteiger partial charge in [-0.2, -0.15) is 5.26 Å². The number of ether oxygens (including phenoxy) is 1. The molecule has 0 saturated heterocycles. The van der Waals surface area contributed by atoms with Crippen LogP contribution in [0.1, 0.15) is 58.2 Å². The van der Waals surface area contributed by atoms with Crippen molar-refractivity contribution in [1.29, 1.82) is 5.26 Å². The van der Waals surface area contributed by atoms with Crippen molar-refractivity contribution in [2.45, 2.75) is 51.7 Å². The normalized spacial score (nSPS) is 13.8. The van der Waals surface area contributed by atoms with Gasteiger partial charge >= 0.3 is 5.97 Å². The number of hydrogen-bond acceptors (Lipinski definition) is 8. The van der Waals surface area contributed by atoms with Gasteiger partial charge in [0.15, 0.2) is 16.9 Å². The molecular formula is C24H24N4O3S2. The van der Waals surface area contributed by atoms with Crippen LogP contribution in [0.3, 0.4) is 0 Å². The lowest BCUT2D eigenvalue weighted by Crippen LogP contribution is -2.30. The highest BCUT2D eigenvalue weighted by Crippen LogP contribution is 2.37. The quantitative estimate of drug-likeness (QED) is 0.358. The number of fused-ring (bicyclic) bond motifs is 1. The highest BCUT2D eigenvalue weighted by atomic mass is 32.1. The maximum absolute atomic E-state index is 12.7. The molecule has 0 aliphatic heterocycles. The Kier molecular flexibility index (Phi) is 7.37. The molecule has 0 bridgehead atoms. The molecule has 1 unspecified atom stereocenters. The maximum Gasteiger partial charge on any atom is 0.358 e. The zero-order valence-corrected chi connectivity index (χ0v) is 19.9. The van der Waals surface area contributed by atoms with E-state index in [2.05, 4.69) is 21.7 Å². The van der Waals surface area contributed by atoms with Crippen molar-refractivity contribution < 1.29 is 14.3 Å². The predicted octanol–water partition coefficient (Wildman–Crippen LogP) is 5.14. The van der Waals surface area contributed by atoms with E-state index in [0.29, 0.717) is 22.2 Å². The van der Waals surface area contributed by atoms with Crippen LogP contribution in [0, 0.1) is 11.3 Å². The average molecular weight is 481 g/mol. The largest absolute Gasteiger partial charge is 0.448 e. The molecule has 1 aliphatic rings. The summed E-state index contributed by atoms with van der Waals surface area (Å²) in [5.74, 6) is -1.13. The number of nitriles is 1. The minimum atomic E-state index is -1.02. The Balaban J connectivity index is 1.34. The zero-order chi connectivity index (χ0) is 23.2. The summed E-state index contributed by atoms with van der Waals surface area (Å²) in [5, 5.41) is 18.3. The van der Waals surface area contributed by atoms with Gasteiger partial charge in [0.05, 0.1) is 5.56 Å². The Morgan fingerprint density at radius 2 is 2.00 bits per heavy atom. The lowest BCUT2D eigenvalue weighted by atomic mass is 10.1. The second kappa shape index (κ2) is 10.6. The van der Waals surface area contributed by atoms with Gasteiger partial charge in [0, 0.05) is 16.8 Å². The Labute approximate surface area is 200 Å². The van der Waals surface area contributed by atoms with Crippen molar-refractivity contribution in [2.24, 2.45) is 0 Å². The van der Waals surface area contributed by atoms with E-state index >= 15 is 0 Å². The molecule has 170 valence electrons. The highest BCUT2D eigenvalue weighted by molar-refractivity contribution is 7.16. The number of hydrogen-bond donors (Lipinski definition) is 2. The van der Waals surface area contributed by atoms with Gasteiger partial charge in [0.2, 0.25) is 0 Å². The van der Waals surface area contributed by atoms with Gasteiger partial charge in [-0.15, -0.1) is 22.7 Å². The van der Waals surface area contributed by atoms with Crippen molar-refractivity contribution in [3.05, 3.63) is 63.0 Å². The first-order valence-corrected chi connectivity index (χ1v) is 12.5. The molecule has 1 atom stereocenters. The molecular weight excluding hydrogens is 456 g/mol. The smallest absolute Gasteiger partial charge is 0.358 e. The molecule has 2 N–H and O–H groups in total. The molecule has 9 heteroatoms. The lowest BCUT2D eigenvalue weighted by Gasteiger charge is -2.12. The number of rotatable bonds is 7. The summed E-state index contributed by atoms with van der Waals surface area (Å²) >= 11 is 2.75. The van der Waals surface area contributed by atoms with Crippen LogP contribution in [0.15, 0.2) is 35.7 Å². The van der Waals surface area contributed by atoms with Gasteiger partial charge < -0.3 is 15.4 Å². The average Bonchev–Trinajstić information content (AvgIpc) is 3.36. The third-order valence-electron chi connectivity index (χ3n) is 5.42. The van der Waals surface area contributed by atoms with Gasteiger partial charge in [-0.05, 0) is 43.7 Å². The van der Waals surface area contributed by atoms with E-state index in [4.69, 9.17) is 4.74 Å². The Morgan fingerprint density at radius 1 is 1.21 bits per heavy atom. The number of nitrogens with one attached hydrogen (secondary N) is 2. The van der Waals surface area contributed by atoms with Gasteiger partial charge in [0.1, 0.15) is 11.1 Å². The maximum atomic E-state index is 12.7. The number of esters is 1. The first-order valence-electron chi connectivity index (χ1n) is 10.8. The van der Waals surface area contributed by atoms with Gasteiger partial charge in [-0.3, -0.25) is 4.79 Å². The Hall–Kier alpha value is -3.22. The van der Waals surface area contributed by atoms with E-state index in [9.17, 15) is 14.9 Å². The zero-order valence-electron chi connectivity index (χ0n) is 18.2. The summed E-state index contributed by atoms with van der Waals surface area (Å²) in [6, 6.07) is 12.1. The standard InChI is InChI=1S/C24H24N4O3S2/c1-15(21(29)28-22-18(12-25)17-10-6-3-7-11-20(17)33-22)31-23(30)19-14-32-24(27-19)26-13-16-8-4-2-5-9-16/h2,4-5,8-9,14-15H,3,6-7,10-11,13H2,1H3,(H,26,27)(H,28,29). The highest BCUT2D eigenvalue weighted by Gasteiger charge is 2.25. The molecule has 0 saturated carbocycles. The first-order chi connectivity index (χ1) is 16.0. The fraction of sp³-hybridized carbons (Fsp3) is 0.333. The topological polar surface area (TPSA) is 104 Å².